The van der Waals surface area contributed by atoms with E-state index in [1.807, 2.05) is 36.8 Å². The molecule has 0 radical (unpaired) electrons. The maximum Gasteiger partial charge on any atom is 0.272 e. The summed E-state index contributed by atoms with van der Waals surface area (Å²) < 4.78 is 14.5. The third-order valence-corrected chi connectivity index (χ3v) is 6.24. The fourth-order valence-corrected chi connectivity index (χ4v) is 4.32. The molecule has 4 nitrogen and oxygen atoms in total. The first kappa shape index (κ1) is 24.0. The zero-order valence-corrected chi connectivity index (χ0v) is 20.1. The largest absolute Gasteiger partial charge is 0.335 e. The van der Waals surface area contributed by atoms with Gasteiger partial charge in [-0.1, -0.05) is 50.9 Å². The number of benzene rings is 1. The summed E-state index contributed by atoms with van der Waals surface area (Å²) in [6.07, 6.45) is 8.88. The van der Waals surface area contributed by atoms with Gasteiger partial charge in [0.05, 0.1) is 0 Å². The van der Waals surface area contributed by atoms with E-state index >= 15 is 0 Å². The average Bonchev–Trinajstić information content (AvgIpc) is 2.94. The van der Waals surface area contributed by atoms with Crippen LogP contribution in [0.25, 0.3) is 5.57 Å². The highest BCUT2D eigenvalue weighted by atomic mass is 19.1. The molecule has 1 fully saturated rings. The molecule has 0 aliphatic carbocycles. The van der Waals surface area contributed by atoms with E-state index in [1.165, 1.54) is 6.07 Å². The smallest absolute Gasteiger partial charge is 0.272 e. The van der Waals surface area contributed by atoms with E-state index in [2.05, 4.69) is 27.4 Å². The fourth-order valence-electron chi connectivity index (χ4n) is 4.32. The quantitative estimate of drug-likeness (QED) is 0.655. The average molecular weight is 435 g/mol. The Balaban J connectivity index is 1.98. The molecule has 3 rings (SSSR count). The molecule has 6 heteroatoms. The lowest BCUT2D eigenvalue weighted by molar-refractivity contribution is -0.125. The maximum absolute atomic E-state index is 14.5. The van der Waals surface area contributed by atoms with Crippen molar-refractivity contribution >= 4 is 30.5 Å². The first-order valence-corrected chi connectivity index (χ1v) is 11.7. The van der Waals surface area contributed by atoms with E-state index in [0.29, 0.717) is 28.6 Å². The van der Waals surface area contributed by atoms with Crippen LogP contribution in [0.3, 0.4) is 0 Å². The van der Waals surface area contributed by atoms with E-state index in [1.54, 1.807) is 12.1 Å². The van der Waals surface area contributed by atoms with E-state index < -0.39 is 0 Å². The van der Waals surface area contributed by atoms with Crippen LogP contribution < -0.4 is 5.46 Å². The Kier molecular flexibility index (Phi) is 7.75. The summed E-state index contributed by atoms with van der Waals surface area (Å²) in [6, 6.07) is 5.33. The van der Waals surface area contributed by atoms with Gasteiger partial charge >= 0.3 is 0 Å². The normalized spacial score (nSPS) is 20.8. The van der Waals surface area contributed by atoms with Crippen LogP contribution in [0.1, 0.15) is 58.4 Å². The highest BCUT2D eigenvalue weighted by molar-refractivity contribution is 6.43. The second kappa shape index (κ2) is 10.3. The molecule has 1 aromatic carbocycles. The van der Waals surface area contributed by atoms with Crippen molar-refractivity contribution in [2.75, 3.05) is 13.6 Å². The molecule has 1 atom stereocenters. The minimum Gasteiger partial charge on any atom is -0.335 e. The van der Waals surface area contributed by atoms with Crippen molar-refractivity contribution < 1.29 is 9.18 Å². The number of likely N-dealkylation sites (tertiary alicyclic amines) is 1. The number of hydrogen-bond acceptors (Lipinski definition) is 3. The molecule has 1 amide bonds. The lowest BCUT2D eigenvalue weighted by atomic mass is 9.93. The molecule has 1 unspecified atom stereocenters. The van der Waals surface area contributed by atoms with Gasteiger partial charge in [-0.3, -0.25) is 4.79 Å². The Labute approximate surface area is 193 Å². The SMILES string of the molecule is Bc1ccc(C(=C)/C=C2/N=C(C(=O)N3CCCCCC3C)C=C(CC(C)C)N2C)c(F)c1. The van der Waals surface area contributed by atoms with Crippen molar-refractivity contribution in [3.63, 3.8) is 0 Å². The molecule has 1 aromatic rings. The number of nitrogens with zero attached hydrogens (tertiary/aromatic N) is 3. The predicted octanol–water partition coefficient (Wildman–Crippen LogP) is 4.05. The number of rotatable bonds is 5. The van der Waals surface area contributed by atoms with Gasteiger partial charge in [0, 0.05) is 30.9 Å². The van der Waals surface area contributed by atoms with Gasteiger partial charge in [-0.25, -0.2) is 9.38 Å². The second-order valence-corrected chi connectivity index (χ2v) is 9.50. The summed E-state index contributed by atoms with van der Waals surface area (Å²) in [5.41, 5.74) is 3.33. The standard InChI is InChI=1S/C26H35BFN3O/c1-17(2)13-21-16-24(26(32)31-12-8-6-7-9-19(31)4)29-25(30(21)5)14-18(3)22-11-10-20(27)15-23(22)28/h10-11,14-17,19H,3,6-9,12-13,27H2,1-2,4-5H3/b25-14-. The molecule has 1 saturated heterocycles. The lowest BCUT2D eigenvalue weighted by Crippen LogP contribution is -2.43. The Hall–Kier alpha value is -2.63. The van der Waals surface area contributed by atoms with E-state index in [4.69, 9.17) is 4.99 Å². The van der Waals surface area contributed by atoms with Crippen LogP contribution in [0.4, 0.5) is 4.39 Å². The topological polar surface area (TPSA) is 35.9 Å². The van der Waals surface area contributed by atoms with Gasteiger partial charge in [0.25, 0.3) is 5.91 Å². The predicted molar refractivity (Wildman–Crippen MR) is 134 cm³/mol. The zero-order valence-electron chi connectivity index (χ0n) is 20.1. The van der Waals surface area contributed by atoms with E-state index in [-0.39, 0.29) is 17.8 Å². The van der Waals surface area contributed by atoms with Crippen LogP contribution in [-0.4, -0.2) is 48.9 Å². The Morgan fingerprint density at radius 1 is 1.34 bits per heavy atom. The monoisotopic (exact) mass is 435 g/mol. The Morgan fingerprint density at radius 2 is 2.09 bits per heavy atom. The van der Waals surface area contributed by atoms with Crippen LogP contribution in [0.5, 0.6) is 0 Å². The molecule has 170 valence electrons. The number of carbonyl (C=O) groups is 1. The number of halogens is 1. The molecule has 0 spiro atoms. The second-order valence-electron chi connectivity index (χ2n) is 9.50. The third-order valence-electron chi connectivity index (χ3n) is 6.24. The summed E-state index contributed by atoms with van der Waals surface area (Å²) in [5, 5.41) is 0. The number of hydrogen-bond donors (Lipinski definition) is 0. The summed E-state index contributed by atoms with van der Waals surface area (Å²) in [5.74, 6) is 0.710. The van der Waals surface area contributed by atoms with E-state index in [0.717, 1.165) is 49.8 Å². The molecule has 32 heavy (non-hydrogen) atoms. The van der Waals surface area contributed by atoms with Gasteiger partial charge in [0.2, 0.25) is 0 Å². The van der Waals surface area contributed by atoms with Crippen molar-refractivity contribution in [2.24, 2.45) is 10.9 Å². The van der Waals surface area contributed by atoms with Gasteiger partial charge in [0.15, 0.2) is 0 Å². The molecular formula is C26H35BFN3O. The lowest BCUT2D eigenvalue weighted by Gasteiger charge is -2.32. The number of amides is 1. The Morgan fingerprint density at radius 3 is 2.78 bits per heavy atom. The van der Waals surface area contributed by atoms with E-state index in [9.17, 15) is 9.18 Å². The first-order chi connectivity index (χ1) is 15.2. The molecular weight excluding hydrogens is 400 g/mol. The van der Waals surface area contributed by atoms with Crippen molar-refractivity contribution in [2.45, 2.75) is 58.9 Å². The molecule has 0 aromatic heterocycles. The van der Waals surface area contributed by atoms with Crippen molar-refractivity contribution in [1.29, 1.82) is 0 Å². The number of aliphatic imine (C=N–C) groups is 1. The maximum atomic E-state index is 14.5. The summed E-state index contributed by atoms with van der Waals surface area (Å²) in [6.45, 7) is 11.3. The van der Waals surface area contributed by atoms with Crippen molar-refractivity contribution in [3.05, 3.63) is 59.8 Å². The Bertz CT molecular complexity index is 979. The van der Waals surface area contributed by atoms with Gasteiger partial charge in [-0.05, 0) is 55.9 Å². The minimum atomic E-state index is -0.304. The van der Waals surface area contributed by atoms with Crippen molar-refractivity contribution in [1.82, 2.24) is 9.80 Å². The fraction of sp³-hybridized carbons (Fsp3) is 0.462. The van der Waals surface area contributed by atoms with Crippen molar-refractivity contribution in [3.8, 4) is 0 Å². The zero-order chi connectivity index (χ0) is 23.4. The number of carbonyl (C=O) groups excluding carboxylic acids is 1. The molecule has 0 saturated carbocycles. The van der Waals surface area contributed by atoms with Gasteiger partial charge in [-0.15, -0.1) is 0 Å². The molecule has 2 aliphatic heterocycles. The summed E-state index contributed by atoms with van der Waals surface area (Å²) in [4.78, 5) is 22.1. The van der Waals surface area contributed by atoms with Crippen LogP contribution in [0, 0.1) is 11.7 Å². The molecule has 0 N–H and O–H groups in total. The van der Waals surface area contributed by atoms with Gasteiger partial charge < -0.3 is 9.80 Å². The van der Waals surface area contributed by atoms with Crippen LogP contribution >= 0.6 is 0 Å². The van der Waals surface area contributed by atoms with Crippen LogP contribution in [-0.2, 0) is 4.79 Å². The summed E-state index contributed by atoms with van der Waals surface area (Å²) in [7, 11) is 3.80. The van der Waals surface area contributed by atoms with Crippen LogP contribution in [0.15, 0.2) is 53.4 Å². The van der Waals surface area contributed by atoms with Gasteiger partial charge in [0.1, 0.15) is 25.2 Å². The molecule has 2 aliphatic rings. The number of allylic oxidation sites excluding steroid dienone is 3. The summed E-state index contributed by atoms with van der Waals surface area (Å²) >= 11 is 0. The van der Waals surface area contributed by atoms with Crippen LogP contribution in [0.2, 0.25) is 0 Å². The highest BCUT2D eigenvalue weighted by Crippen LogP contribution is 2.28. The third kappa shape index (κ3) is 5.59. The minimum absolute atomic E-state index is 0.0215. The first-order valence-electron chi connectivity index (χ1n) is 11.7. The van der Waals surface area contributed by atoms with Gasteiger partial charge in [-0.2, -0.15) is 0 Å². The molecule has 2 heterocycles. The molecule has 0 bridgehead atoms. The highest BCUT2D eigenvalue weighted by Gasteiger charge is 2.28.